The third-order valence-electron chi connectivity index (χ3n) is 5.23. The number of benzene rings is 2. The monoisotopic (exact) mass is 487 g/mol. The zero-order chi connectivity index (χ0) is 24.6. The van der Waals surface area contributed by atoms with Crippen molar-refractivity contribution in [1.82, 2.24) is 9.97 Å². The Labute approximate surface area is 197 Å². The fourth-order valence-electron chi connectivity index (χ4n) is 3.54. The van der Waals surface area contributed by atoms with Crippen LogP contribution in [0, 0.1) is 0 Å². The molecule has 3 aromatic rings. The van der Waals surface area contributed by atoms with Crippen LogP contribution in [0.4, 0.5) is 35.2 Å². The normalized spacial score (nSPS) is 13.5. The van der Waals surface area contributed by atoms with Gasteiger partial charge in [-0.15, -0.1) is 0 Å². The van der Waals surface area contributed by atoms with Gasteiger partial charge in [0.1, 0.15) is 5.82 Å². The van der Waals surface area contributed by atoms with E-state index in [0.717, 1.165) is 12.1 Å². The van der Waals surface area contributed by atoms with E-state index in [1.54, 1.807) is 6.07 Å². The Morgan fingerprint density at radius 2 is 2.00 bits per heavy atom. The second-order valence-electron chi connectivity index (χ2n) is 7.43. The number of hydrogen-bond acceptors (Lipinski definition) is 4. The van der Waals surface area contributed by atoms with Gasteiger partial charge in [-0.05, 0) is 47.5 Å². The van der Waals surface area contributed by atoms with Gasteiger partial charge in [-0.1, -0.05) is 24.8 Å². The summed E-state index contributed by atoms with van der Waals surface area (Å²) in [7, 11) is 1.54. The van der Waals surface area contributed by atoms with Crippen LogP contribution < -0.4 is 15.1 Å². The molecule has 3 amide bonds. The first-order chi connectivity index (χ1) is 16.1. The van der Waals surface area contributed by atoms with Crippen molar-refractivity contribution in [1.29, 1.82) is 0 Å². The number of rotatable bonds is 4. The van der Waals surface area contributed by atoms with Crippen molar-refractivity contribution in [2.75, 3.05) is 22.2 Å². The van der Waals surface area contributed by atoms with Crippen molar-refractivity contribution in [2.24, 2.45) is 0 Å². The average molecular weight is 488 g/mol. The van der Waals surface area contributed by atoms with Crippen LogP contribution in [0.3, 0.4) is 0 Å². The summed E-state index contributed by atoms with van der Waals surface area (Å²) in [5.41, 5.74) is 0.869. The predicted octanol–water partition coefficient (Wildman–Crippen LogP) is 5.62. The zero-order valence-corrected chi connectivity index (χ0v) is 18.5. The molecule has 0 atom stereocenters. The topological polar surface area (TPSA) is 78.4 Å². The van der Waals surface area contributed by atoms with Crippen molar-refractivity contribution < 1.29 is 22.8 Å². The number of carbonyl (C=O) groups excluding carboxylic acids is 2. The molecule has 0 unspecified atom stereocenters. The van der Waals surface area contributed by atoms with Gasteiger partial charge in [0.15, 0.2) is 0 Å². The molecule has 0 saturated heterocycles. The van der Waals surface area contributed by atoms with Gasteiger partial charge in [0.2, 0.25) is 5.28 Å². The van der Waals surface area contributed by atoms with Gasteiger partial charge < -0.3 is 5.32 Å². The number of alkyl halides is 3. The fraction of sp³-hybridized carbons (Fsp3) is 0.130. The molecule has 0 radical (unpaired) electrons. The molecule has 1 aliphatic rings. The van der Waals surface area contributed by atoms with E-state index in [1.807, 2.05) is 0 Å². The Kier molecular flexibility index (Phi) is 6.01. The van der Waals surface area contributed by atoms with Crippen LogP contribution in [0.15, 0.2) is 55.2 Å². The van der Waals surface area contributed by atoms with E-state index >= 15 is 0 Å². The maximum absolute atomic E-state index is 13.1. The third kappa shape index (κ3) is 4.44. The number of aromatic nitrogens is 2. The summed E-state index contributed by atoms with van der Waals surface area (Å²) in [6.07, 6.45) is -1.49. The molecule has 0 fully saturated rings. The number of nitrogens with zero attached hydrogens (tertiary/aromatic N) is 4. The molecule has 1 aliphatic heterocycles. The number of nitrogens with one attached hydrogen (secondary N) is 1. The third-order valence-corrected chi connectivity index (χ3v) is 5.41. The first-order valence-electron chi connectivity index (χ1n) is 9.90. The molecule has 1 N–H and O–H groups in total. The highest BCUT2D eigenvalue weighted by molar-refractivity contribution is 6.28. The van der Waals surface area contributed by atoms with Crippen molar-refractivity contribution >= 4 is 46.8 Å². The Morgan fingerprint density at radius 1 is 1.24 bits per heavy atom. The van der Waals surface area contributed by atoms with Crippen LogP contribution in [0.1, 0.15) is 27.0 Å². The number of amides is 3. The minimum Gasteiger partial charge on any atom is -0.322 e. The molecular formula is C23H17ClF3N5O2. The number of halogens is 4. The Hall–Kier alpha value is -3.92. The Balaban J connectivity index is 1.66. The maximum Gasteiger partial charge on any atom is 0.416 e. The molecule has 11 heteroatoms. The van der Waals surface area contributed by atoms with E-state index in [1.165, 1.54) is 53.4 Å². The average Bonchev–Trinajstić information content (AvgIpc) is 2.81. The number of fused-ring (bicyclic) bond motifs is 1. The molecule has 0 spiro atoms. The highest BCUT2D eigenvalue weighted by atomic mass is 35.5. The molecule has 2 aromatic carbocycles. The second kappa shape index (κ2) is 8.79. The van der Waals surface area contributed by atoms with E-state index in [0.29, 0.717) is 22.6 Å². The van der Waals surface area contributed by atoms with Crippen LogP contribution in [0.2, 0.25) is 5.28 Å². The number of carbonyl (C=O) groups is 2. The van der Waals surface area contributed by atoms with Gasteiger partial charge in [0.25, 0.3) is 5.91 Å². The molecular weight excluding hydrogens is 471 g/mol. The Morgan fingerprint density at radius 3 is 2.71 bits per heavy atom. The van der Waals surface area contributed by atoms with Crippen LogP contribution in [0.25, 0.3) is 6.08 Å². The molecule has 2 heterocycles. The molecule has 4 rings (SSSR count). The summed E-state index contributed by atoms with van der Waals surface area (Å²) >= 11 is 5.85. The molecule has 0 aliphatic carbocycles. The quantitative estimate of drug-likeness (QED) is 0.484. The Bertz CT molecular complexity index is 1310. The second-order valence-corrected chi connectivity index (χ2v) is 7.76. The predicted molar refractivity (Wildman–Crippen MR) is 123 cm³/mol. The molecule has 0 bridgehead atoms. The molecule has 174 valence electrons. The molecule has 7 nitrogen and oxygen atoms in total. The van der Waals surface area contributed by atoms with Gasteiger partial charge in [-0.2, -0.15) is 18.2 Å². The summed E-state index contributed by atoms with van der Waals surface area (Å²) in [6, 6.07) is 8.50. The minimum absolute atomic E-state index is 0.00638. The van der Waals surface area contributed by atoms with Gasteiger partial charge >= 0.3 is 12.2 Å². The van der Waals surface area contributed by atoms with E-state index in [2.05, 4.69) is 21.9 Å². The standard InChI is InChI=1S/C23H17ClF3N5O2/c1-3-13-7-8-14(20(33)29-17-6-4-5-16(10-17)23(25,26)27)9-18(13)32-12-15-11-28-21(24)30-19(15)31(2)22(32)34/h3-11H,1,12H2,2H3,(H,29,33). The smallest absolute Gasteiger partial charge is 0.322 e. The lowest BCUT2D eigenvalue weighted by Crippen LogP contribution is -2.46. The van der Waals surface area contributed by atoms with Crippen LogP contribution in [-0.2, 0) is 12.7 Å². The highest BCUT2D eigenvalue weighted by Crippen LogP contribution is 2.34. The minimum atomic E-state index is -4.54. The van der Waals surface area contributed by atoms with Gasteiger partial charge in [0, 0.05) is 30.1 Å². The maximum atomic E-state index is 13.1. The number of anilines is 3. The summed E-state index contributed by atoms with van der Waals surface area (Å²) in [5.74, 6) is -0.260. The first-order valence-corrected chi connectivity index (χ1v) is 10.3. The summed E-state index contributed by atoms with van der Waals surface area (Å²) in [4.78, 5) is 36.7. The van der Waals surface area contributed by atoms with Crippen molar-refractivity contribution in [3.05, 3.63) is 82.8 Å². The van der Waals surface area contributed by atoms with E-state index in [9.17, 15) is 22.8 Å². The molecule has 0 saturated carbocycles. The van der Waals surface area contributed by atoms with Crippen molar-refractivity contribution in [3.8, 4) is 0 Å². The van der Waals surface area contributed by atoms with E-state index < -0.39 is 23.7 Å². The fourth-order valence-corrected chi connectivity index (χ4v) is 3.67. The highest BCUT2D eigenvalue weighted by Gasteiger charge is 2.32. The van der Waals surface area contributed by atoms with Gasteiger partial charge in [-0.3, -0.25) is 14.6 Å². The summed E-state index contributed by atoms with van der Waals surface area (Å²) in [6.45, 7) is 3.88. The molecule has 34 heavy (non-hydrogen) atoms. The lowest BCUT2D eigenvalue weighted by Gasteiger charge is -2.34. The van der Waals surface area contributed by atoms with Gasteiger partial charge in [-0.25, -0.2) is 9.78 Å². The number of hydrogen-bond donors (Lipinski definition) is 1. The van der Waals surface area contributed by atoms with Crippen molar-refractivity contribution in [2.45, 2.75) is 12.7 Å². The summed E-state index contributed by atoms with van der Waals surface area (Å²) < 4.78 is 39.0. The van der Waals surface area contributed by atoms with Crippen LogP contribution >= 0.6 is 11.6 Å². The molecule has 1 aromatic heterocycles. The lowest BCUT2D eigenvalue weighted by atomic mass is 10.1. The zero-order valence-electron chi connectivity index (χ0n) is 17.7. The SMILES string of the molecule is C=Cc1ccc(C(=O)Nc2cccc(C(F)(F)F)c2)cc1N1Cc2cnc(Cl)nc2N(C)C1=O. The van der Waals surface area contributed by atoms with Crippen LogP contribution in [0.5, 0.6) is 0 Å². The van der Waals surface area contributed by atoms with Gasteiger partial charge in [0.05, 0.1) is 17.8 Å². The first kappa shape index (κ1) is 23.2. The van der Waals surface area contributed by atoms with Crippen LogP contribution in [-0.4, -0.2) is 29.0 Å². The summed E-state index contributed by atoms with van der Waals surface area (Å²) in [5, 5.41) is 2.47. The number of urea groups is 1. The van der Waals surface area contributed by atoms with Crippen molar-refractivity contribution in [3.63, 3.8) is 0 Å². The van der Waals surface area contributed by atoms with E-state index in [4.69, 9.17) is 11.6 Å². The largest absolute Gasteiger partial charge is 0.416 e. The van der Waals surface area contributed by atoms with E-state index in [-0.39, 0.29) is 23.1 Å². The lowest BCUT2D eigenvalue weighted by molar-refractivity contribution is -0.137.